The van der Waals surface area contributed by atoms with Gasteiger partial charge < -0.3 is 5.11 Å². The zero-order valence-electron chi connectivity index (χ0n) is 19.8. The van der Waals surface area contributed by atoms with E-state index in [4.69, 9.17) is 0 Å². The Morgan fingerprint density at radius 2 is 1.29 bits per heavy atom. The Labute approximate surface area is 201 Å². The molecule has 0 aliphatic heterocycles. The second-order valence-corrected chi connectivity index (χ2v) is 9.22. The zero-order valence-corrected chi connectivity index (χ0v) is 19.8. The number of hydrazine groups is 1. The molecule has 34 heavy (non-hydrogen) atoms. The molecule has 1 aliphatic rings. The first-order chi connectivity index (χ1) is 16.4. The van der Waals surface area contributed by atoms with Gasteiger partial charge in [0.25, 0.3) is 11.8 Å². The van der Waals surface area contributed by atoms with E-state index < -0.39 is 11.5 Å². The molecule has 1 saturated carbocycles. The standard InChI is InChI=1S/C29H32N2O3/c1-21-13-17-24(18-14-21)29(34,25-19-15-22(2)16-20-25)28(33)30-31(26-11-7-4-8-12-26)27(32)23-9-5-3-6-10-23/h3,5-6,9-10,13-20,26,34H,4,7-8,11-12H2,1-2H3,(H,30,33). The Hall–Kier alpha value is -3.44. The number of amides is 2. The van der Waals surface area contributed by atoms with Crippen LogP contribution in [-0.4, -0.2) is 28.0 Å². The van der Waals surface area contributed by atoms with E-state index in [2.05, 4.69) is 5.43 Å². The fourth-order valence-corrected chi connectivity index (χ4v) is 4.58. The minimum absolute atomic E-state index is 0.120. The van der Waals surface area contributed by atoms with Crippen LogP contribution in [0.5, 0.6) is 0 Å². The largest absolute Gasteiger partial charge is 0.372 e. The molecule has 0 saturated heterocycles. The highest BCUT2D eigenvalue weighted by molar-refractivity contribution is 5.97. The zero-order chi connectivity index (χ0) is 24.1. The average Bonchev–Trinajstić information content (AvgIpc) is 2.88. The molecule has 0 unspecified atom stereocenters. The van der Waals surface area contributed by atoms with Crippen molar-refractivity contribution >= 4 is 11.8 Å². The Bertz CT molecular complexity index is 1070. The predicted molar refractivity (Wildman–Crippen MR) is 133 cm³/mol. The fraction of sp³-hybridized carbons (Fsp3) is 0.310. The van der Waals surface area contributed by atoms with Gasteiger partial charge in [-0.15, -0.1) is 0 Å². The molecule has 0 radical (unpaired) electrons. The highest BCUT2D eigenvalue weighted by Crippen LogP contribution is 2.32. The second-order valence-electron chi connectivity index (χ2n) is 9.22. The van der Waals surface area contributed by atoms with Crippen molar-refractivity contribution in [2.45, 2.75) is 57.6 Å². The highest BCUT2D eigenvalue weighted by Gasteiger charge is 2.42. The molecule has 4 rings (SSSR count). The van der Waals surface area contributed by atoms with Crippen molar-refractivity contribution in [3.63, 3.8) is 0 Å². The molecule has 1 fully saturated rings. The van der Waals surface area contributed by atoms with Gasteiger partial charge in [-0.25, -0.2) is 5.01 Å². The maximum atomic E-state index is 13.9. The molecule has 3 aromatic carbocycles. The predicted octanol–water partition coefficient (Wildman–Crippen LogP) is 5.05. The first-order valence-corrected chi connectivity index (χ1v) is 12.0. The number of aliphatic hydroxyl groups is 1. The molecule has 0 atom stereocenters. The van der Waals surface area contributed by atoms with Crippen molar-refractivity contribution in [2.75, 3.05) is 0 Å². The monoisotopic (exact) mass is 456 g/mol. The van der Waals surface area contributed by atoms with Crippen molar-refractivity contribution in [1.82, 2.24) is 10.4 Å². The number of rotatable bonds is 5. The van der Waals surface area contributed by atoms with E-state index in [0.29, 0.717) is 16.7 Å². The summed E-state index contributed by atoms with van der Waals surface area (Å²) in [5, 5.41) is 13.4. The Kier molecular flexibility index (Phi) is 7.13. The van der Waals surface area contributed by atoms with E-state index in [0.717, 1.165) is 43.2 Å². The lowest BCUT2D eigenvalue weighted by atomic mass is 9.85. The van der Waals surface area contributed by atoms with Crippen molar-refractivity contribution < 1.29 is 14.7 Å². The molecule has 5 nitrogen and oxygen atoms in total. The van der Waals surface area contributed by atoms with Crippen LogP contribution in [-0.2, 0) is 10.4 Å². The number of carbonyl (C=O) groups excluding carboxylic acids is 2. The van der Waals surface area contributed by atoms with Crippen LogP contribution in [0.15, 0.2) is 78.9 Å². The summed E-state index contributed by atoms with van der Waals surface area (Å²) >= 11 is 0. The summed E-state index contributed by atoms with van der Waals surface area (Å²) < 4.78 is 0. The van der Waals surface area contributed by atoms with E-state index in [9.17, 15) is 14.7 Å². The lowest BCUT2D eigenvalue weighted by molar-refractivity contribution is -0.142. The lowest BCUT2D eigenvalue weighted by Crippen LogP contribution is -2.57. The van der Waals surface area contributed by atoms with Gasteiger partial charge in [0.2, 0.25) is 0 Å². The summed E-state index contributed by atoms with van der Waals surface area (Å²) in [6, 6.07) is 23.4. The summed E-state index contributed by atoms with van der Waals surface area (Å²) in [4.78, 5) is 27.4. The number of hydrogen-bond donors (Lipinski definition) is 2. The van der Waals surface area contributed by atoms with E-state index in [1.807, 2.05) is 56.3 Å². The third kappa shape index (κ3) is 4.90. The van der Waals surface area contributed by atoms with Gasteiger partial charge in [-0.05, 0) is 49.9 Å². The Morgan fingerprint density at radius 1 is 0.794 bits per heavy atom. The third-order valence-electron chi connectivity index (χ3n) is 6.67. The molecule has 0 aromatic heterocycles. The number of nitrogens with one attached hydrogen (secondary N) is 1. The molecule has 1 aliphatic carbocycles. The fourth-order valence-electron chi connectivity index (χ4n) is 4.58. The lowest BCUT2D eigenvalue weighted by Gasteiger charge is -2.37. The van der Waals surface area contributed by atoms with Gasteiger partial charge in [-0.1, -0.05) is 97.1 Å². The smallest absolute Gasteiger partial charge is 0.279 e. The molecule has 0 heterocycles. The number of carbonyl (C=O) groups is 2. The SMILES string of the molecule is Cc1ccc(C(O)(C(=O)NN(C(=O)c2ccccc2)C2CCCCC2)c2ccc(C)cc2)cc1. The van der Waals surface area contributed by atoms with Crippen LogP contribution in [0.2, 0.25) is 0 Å². The van der Waals surface area contributed by atoms with Crippen LogP contribution < -0.4 is 5.43 Å². The van der Waals surface area contributed by atoms with Crippen molar-refractivity contribution in [2.24, 2.45) is 0 Å². The molecule has 0 bridgehead atoms. The number of nitrogens with zero attached hydrogens (tertiary/aromatic N) is 1. The van der Waals surface area contributed by atoms with E-state index in [1.165, 1.54) is 5.01 Å². The van der Waals surface area contributed by atoms with Crippen LogP contribution in [0.1, 0.15) is 64.7 Å². The molecule has 2 amide bonds. The van der Waals surface area contributed by atoms with E-state index in [-0.39, 0.29) is 11.9 Å². The summed E-state index contributed by atoms with van der Waals surface area (Å²) in [5.74, 6) is -0.911. The van der Waals surface area contributed by atoms with Crippen LogP contribution in [0, 0.1) is 13.8 Å². The number of aryl methyl sites for hydroxylation is 2. The van der Waals surface area contributed by atoms with Gasteiger partial charge in [0.15, 0.2) is 5.60 Å². The third-order valence-corrected chi connectivity index (χ3v) is 6.67. The van der Waals surface area contributed by atoms with Gasteiger partial charge in [0, 0.05) is 5.56 Å². The Morgan fingerprint density at radius 3 is 1.79 bits per heavy atom. The van der Waals surface area contributed by atoms with Crippen LogP contribution >= 0.6 is 0 Å². The maximum absolute atomic E-state index is 13.9. The molecule has 176 valence electrons. The molecule has 3 aromatic rings. The normalized spacial score (nSPS) is 14.4. The van der Waals surface area contributed by atoms with E-state index in [1.54, 1.807) is 36.4 Å². The molecule has 5 heteroatoms. The minimum atomic E-state index is -1.95. The number of benzene rings is 3. The average molecular weight is 457 g/mol. The summed E-state index contributed by atoms with van der Waals surface area (Å²) in [7, 11) is 0. The first-order valence-electron chi connectivity index (χ1n) is 12.0. The molecular formula is C29H32N2O3. The maximum Gasteiger partial charge on any atom is 0.279 e. The molecule has 0 spiro atoms. The van der Waals surface area contributed by atoms with Gasteiger partial charge in [0.1, 0.15) is 0 Å². The quantitative estimate of drug-likeness (QED) is 0.528. The van der Waals surface area contributed by atoms with Crippen LogP contribution in [0.4, 0.5) is 0 Å². The van der Waals surface area contributed by atoms with Crippen molar-refractivity contribution in [3.05, 3.63) is 107 Å². The topological polar surface area (TPSA) is 69.6 Å². The number of hydrogen-bond acceptors (Lipinski definition) is 3. The molecule has 2 N–H and O–H groups in total. The van der Waals surface area contributed by atoms with Crippen LogP contribution in [0.25, 0.3) is 0 Å². The van der Waals surface area contributed by atoms with Gasteiger partial charge in [-0.2, -0.15) is 0 Å². The van der Waals surface area contributed by atoms with Crippen LogP contribution in [0.3, 0.4) is 0 Å². The minimum Gasteiger partial charge on any atom is -0.372 e. The summed E-state index contributed by atoms with van der Waals surface area (Å²) in [6.45, 7) is 3.91. The van der Waals surface area contributed by atoms with Gasteiger partial charge >= 0.3 is 0 Å². The van der Waals surface area contributed by atoms with Gasteiger partial charge in [-0.3, -0.25) is 15.0 Å². The summed E-state index contributed by atoms with van der Waals surface area (Å²) in [5.41, 5.74) is 4.36. The summed E-state index contributed by atoms with van der Waals surface area (Å²) in [6.07, 6.45) is 4.74. The second kappa shape index (κ2) is 10.2. The highest BCUT2D eigenvalue weighted by atomic mass is 16.3. The molecular weight excluding hydrogens is 424 g/mol. The van der Waals surface area contributed by atoms with E-state index >= 15 is 0 Å². The van der Waals surface area contributed by atoms with Crippen molar-refractivity contribution in [3.8, 4) is 0 Å². The first kappa shape index (κ1) is 23.7. The Balaban J connectivity index is 1.73. The van der Waals surface area contributed by atoms with Gasteiger partial charge in [0.05, 0.1) is 6.04 Å². The van der Waals surface area contributed by atoms with Crippen molar-refractivity contribution in [1.29, 1.82) is 0 Å².